The van der Waals surface area contributed by atoms with Crippen LogP contribution in [0.4, 0.5) is 0 Å². The lowest BCUT2D eigenvalue weighted by Crippen LogP contribution is -2.25. The van der Waals surface area contributed by atoms with Gasteiger partial charge in [-0.1, -0.05) is 20.8 Å². The smallest absolute Gasteiger partial charge is 0.0704 e. The largest absolute Gasteiger partial charge is 0.317 e. The van der Waals surface area contributed by atoms with Crippen molar-refractivity contribution < 1.29 is 0 Å². The number of halogens is 1. The molecular formula is C12H20BrNS. The predicted octanol–water partition coefficient (Wildman–Crippen LogP) is 4.10. The van der Waals surface area contributed by atoms with Crippen LogP contribution in [0.3, 0.4) is 0 Å². The van der Waals surface area contributed by atoms with Gasteiger partial charge in [0.2, 0.25) is 0 Å². The van der Waals surface area contributed by atoms with Gasteiger partial charge in [0.1, 0.15) is 0 Å². The summed E-state index contributed by atoms with van der Waals surface area (Å²) in [5, 5.41) is 3.39. The van der Waals surface area contributed by atoms with Crippen molar-refractivity contribution in [1.29, 1.82) is 0 Å². The van der Waals surface area contributed by atoms with Crippen molar-refractivity contribution in [2.75, 3.05) is 13.1 Å². The zero-order valence-electron chi connectivity index (χ0n) is 9.98. The van der Waals surface area contributed by atoms with Crippen LogP contribution in [0.5, 0.6) is 0 Å². The second-order valence-corrected chi connectivity index (χ2v) is 7.14. The molecule has 1 heterocycles. The molecule has 0 fully saturated rings. The normalized spacial score (nSPS) is 12.1. The fourth-order valence-corrected chi connectivity index (χ4v) is 3.70. The van der Waals surface area contributed by atoms with Crippen molar-refractivity contribution in [3.63, 3.8) is 0 Å². The van der Waals surface area contributed by atoms with E-state index in [-0.39, 0.29) is 5.41 Å². The van der Waals surface area contributed by atoms with Gasteiger partial charge >= 0.3 is 0 Å². The Balaban J connectivity index is 2.71. The Morgan fingerprint density at radius 1 is 1.47 bits per heavy atom. The molecule has 0 radical (unpaired) electrons. The van der Waals surface area contributed by atoms with Crippen LogP contribution in [0.15, 0.2) is 9.85 Å². The zero-order valence-corrected chi connectivity index (χ0v) is 12.4. The summed E-state index contributed by atoms with van der Waals surface area (Å²) in [6, 6.07) is 2.27. The van der Waals surface area contributed by atoms with Crippen LogP contribution in [-0.4, -0.2) is 13.1 Å². The molecular weight excluding hydrogens is 270 g/mol. The van der Waals surface area contributed by atoms with Gasteiger partial charge in [-0.25, -0.2) is 0 Å². The molecule has 1 rings (SSSR count). The number of hydrogen-bond acceptors (Lipinski definition) is 2. The molecule has 0 spiro atoms. The summed E-state index contributed by atoms with van der Waals surface area (Å²) in [6.07, 6.45) is 1.19. The number of aryl methyl sites for hydroxylation is 1. The Morgan fingerprint density at radius 3 is 2.60 bits per heavy atom. The van der Waals surface area contributed by atoms with Gasteiger partial charge in [0.05, 0.1) is 3.79 Å². The first-order valence-electron chi connectivity index (χ1n) is 5.44. The third kappa shape index (κ3) is 3.58. The molecule has 3 heteroatoms. The highest BCUT2D eigenvalue weighted by Crippen LogP contribution is 2.36. The van der Waals surface area contributed by atoms with Gasteiger partial charge in [-0.05, 0) is 59.4 Å². The molecule has 1 aromatic rings. The second kappa shape index (κ2) is 5.46. The summed E-state index contributed by atoms with van der Waals surface area (Å²) in [4.78, 5) is 1.43. The molecule has 0 aromatic carbocycles. The molecule has 0 bridgehead atoms. The van der Waals surface area contributed by atoms with E-state index in [0.717, 1.165) is 13.1 Å². The fourth-order valence-electron chi connectivity index (χ4n) is 1.83. The minimum absolute atomic E-state index is 0.273. The Labute approximate surface area is 105 Å². The van der Waals surface area contributed by atoms with Gasteiger partial charge in [-0.3, -0.25) is 0 Å². The lowest BCUT2D eigenvalue weighted by atomic mass is 9.82. The van der Waals surface area contributed by atoms with E-state index in [2.05, 4.69) is 55.0 Å². The van der Waals surface area contributed by atoms with Crippen LogP contribution in [-0.2, 0) is 5.41 Å². The maximum atomic E-state index is 3.56. The van der Waals surface area contributed by atoms with E-state index >= 15 is 0 Å². The first-order valence-corrected chi connectivity index (χ1v) is 7.05. The molecule has 0 saturated carbocycles. The van der Waals surface area contributed by atoms with Gasteiger partial charge in [0.15, 0.2) is 0 Å². The molecule has 0 atom stereocenters. The van der Waals surface area contributed by atoms with E-state index in [1.807, 2.05) is 11.3 Å². The Hall–Kier alpha value is 0.140. The van der Waals surface area contributed by atoms with Gasteiger partial charge in [-0.2, -0.15) is 0 Å². The highest BCUT2D eigenvalue weighted by Gasteiger charge is 2.23. The molecule has 86 valence electrons. The van der Waals surface area contributed by atoms with E-state index in [0.29, 0.717) is 0 Å². The Kier molecular flexibility index (Phi) is 4.81. The molecule has 15 heavy (non-hydrogen) atoms. The van der Waals surface area contributed by atoms with Crippen molar-refractivity contribution >= 4 is 27.3 Å². The SMILES string of the molecule is CCNCCC(C)(C)c1cc(Br)sc1C. The second-order valence-electron chi connectivity index (χ2n) is 4.51. The van der Waals surface area contributed by atoms with Crippen LogP contribution in [0.2, 0.25) is 0 Å². The standard InChI is InChI=1S/C12H20BrNS/c1-5-14-7-6-12(3,4)10-8-11(13)15-9(10)2/h8,14H,5-7H2,1-4H3. The van der Waals surface area contributed by atoms with Gasteiger partial charge in [-0.15, -0.1) is 11.3 Å². The summed E-state index contributed by atoms with van der Waals surface area (Å²) in [5.74, 6) is 0. The van der Waals surface area contributed by atoms with Crippen LogP contribution < -0.4 is 5.32 Å². The van der Waals surface area contributed by atoms with Crippen LogP contribution in [0.25, 0.3) is 0 Å². The van der Waals surface area contributed by atoms with E-state index < -0.39 is 0 Å². The van der Waals surface area contributed by atoms with E-state index in [4.69, 9.17) is 0 Å². The summed E-state index contributed by atoms with van der Waals surface area (Å²) in [6.45, 7) is 11.2. The van der Waals surface area contributed by atoms with E-state index in [1.54, 1.807) is 0 Å². The van der Waals surface area contributed by atoms with Gasteiger partial charge in [0, 0.05) is 4.88 Å². The molecule has 0 aliphatic heterocycles. The average Bonchev–Trinajstić information content (AvgIpc) is 2.46. The zero-order chi connectivity index (χ0) is 11.5. The summed E-state index contributed by atoms with van der Waals surface area (Å²) < 4.78 is 1.24. The molecule has 0 amide bonds. The summed E-state index contributed by atoms with van der Waals surface area (Å²) >= 11 is 5.39. The molecule has 1 N–H and O–H groups in total. The topological polar surface area (TPSA) is 12.0 Å². The molecule has 0 unspecified atom stereocenters. The molecule has 1 aromatic heterocycles. The molecule has 0 saturated heterocycles. The first kappa shape index (κ1) is 13.2. The third-order valence-corrected chi connectivity index (χ3v) is 4.35. The fraction of sp³-hybridized carbons (Fsp3) is 0.667. The highest BCUT2D eigenvalue weighted by atomic mass is 79.9. The summed E-state index contributed by atoms with van der Waals surface area (Å²) in [5.41, 5.74) is 1.76. The number of thiophene rings is 1. The monoisotopic (exact) mass is 289 g/mol. The minimum Gasteiger partial charge on any atom is -0.317 e. The van der Waals surface area contributed by atoms with Crippen molar-refractivity contribution in [1.82, 2.24) is 5.32 Å². The van der Waals surface area contributed by atoms with E-state index in [9.17, 15) is 0 Å². The third-order valence-electron chi connectivity index (χ3n) is 2.79. The average molecular weight is 290 g/mol. The summed E-state index contributed by atoms with van der Waals surface area (Å²) in [7, 11) is 0. The van der Waals surface area contributed by atoms with Crippen LogP contribution >= 0.6 is 27.3 Å². The number of rotatable bonds is 5. The maximum absolute atomic E-state index is 3.56. The van der Waals surface area contributed by atoms with Crippen molar-refractivity contribution in [2.45, 2.75) is 39.5 Å². The maximum Gasteiger partial charge on any atom is 0.0704 e. The van der Waals surface area contributed by atoms with E-state index in [1.165, 1.54) is 20.6 Å². The van der Waals surface area contributed by atoms with Crippen LogP contribution in [0.1, 0.15) is 37.6 Å². The minimum atomic E-state index is 0.273. The van der Waals surface area contributed by atoms with Gasteiger partial charge < -0.3 is 5.32 Å². The molecule has 1 nitrogen and oxygen atoms in total. The van der Waals surface area contributed by atoms with Crippen molar-refractivity contribution in [3.8, 4) is 0 Å². The Bertz CT molecular complexity index is 317. The lowest BCUT2D eigenvalue weighted by molar-refractivity contribution is 0.460. The van der Waals surface area contributed by atoms with Gasteiger partial charge in [0.25, 0.3) is 0 Å². The lowest BCUT2D eigenvalue weighted by Gasteiger charge is -2.25. The quantitative estimate of drug-likeness (QED) is 0.805. The van der Waals surface area contributed by atoms with Crippen LogP contribution in [0, 0.1) is 6.92 Å². The predicted molar refractivity (Wildman–Crippen MR) is 72.9 cm³/mol. The number of hydrogen-bond donors (Lipinski definition) is 1. The highest BCUT2D eigenvalue weighted by molar-refractivity contribution is 9.11. The molecule has 0 aliphatic rings. The number of nitrogens with one attached hydrogen (secondary N) is 1. The van der Waals surface area contributed by atoms with Crippen molar-refractivity contribution in [3.05, 3.63) is 20.3 Å². The Morgan fingerprint density at radius 2 is 2.13 bits per heavy atom. The molecule has 0 aliphatic carbocycles. The first-order chi connectivity index (χ1) is 6.97. The van der Waals surface area contributed by atoms with Crippen molar-refractivity contribution in [2.24, 2.45) is 0 Å².